The fourth-order valence-electron chi connectivity index (χ4n) is 4.40. The summed E-state index contributed by atoms with van der Waals surface area (Å²) in [6, 6.07) is 12.8. The predicted octanol–water partition coefficient (Wildman–Crippen LogP) is 2.85. The van der Waals surface area contributed by atoms with E-state index < -0.39 is 20.9 Å². The molecule has 2 aromatic rings. The summed E-state index contributed by atoms with van der Waals surface area (Å²) in [5, 5.41) is -0.991. The van der Waals surface area contributed by atoms with Crippen LogP contribution in [0, 0.1) is 5.82 Å². The SMILES string of the molecule is CCOc1ccc(N2CCN(CC(=O)N3CCC(c4ccccc4F)S(=O)(=O)CC3)C2=O)cc1. The highest BCUT2D eigenvalue weighted by molar-refractivity contribution is 7.91. The van der Waals surface area contributed by atoms with Gasteiger partial charge in [-0.15, -0.1) is 0 Å². The smallest absolute Gasteiger partial charge is 0.325 e. The van der Waals surface area contributed by atoms with Gasteiger partial charge in [0.1, 0.15) is 18.1 Å². The van der Waals surface area contributed by atoms with Crippen LogP contribution in [0.4, 0.5) is 14.9 Å². The summed E-state index contributed by atoms with van der Waals surface area (Å²) in [4.78, 5) is 30.4. The third-order valence-electron chi connectivity index (χ3n) is 6.23. The van der Waals surface area contributed by atoms with Crippen molar-refractivity contribution in [3.63, 3.8) is 0 Å². The van der Waals surface area contributed by atoms with Crippen LogP contribution >= 0.6 is 0 Å². The first-order valence-electron chi connectivity index (χ1n) is 11.3. The van der Waals surface area contributed by atoms with Crippen molar-refractivity contribution >= 4 is 27.5 Å². The third kappa shape index (κ3) is 5.01. The monoisotopic (exact) mass is 489 g/mol. The molecule has 2 aliphatic heterocycles. The van der Waals surface area contributed by atoms with Crippen LogP contribution in [0.1, 0.15) is 24.2 Å². The van der Waals surface area contributed by atoms with E-state index in [1.165, 1.54) is 28.0 Å². The second kappa shape index (κ2) is 10.0. The maximum atomic E-state index is 14.3. The lowest BCUT2D eigenvalue weighted by molar-refractivity contribution is -0.131. The summed E-state index contributed by atoms with van der Waals surface area (Å²) in [6.45, 7) is 3.37. The van der Waals surface area contributed by atoms with Crippen LogP contribution in [-0.2, 0) is 14.6 Å². The lowest BCUT2D eigenvalue weighted by Crippen LogP contribution is -2.43. The van der Waals surface area contributed by atoms with Crippen LogP contribution in [-0.4, -0.2) is 75.2 Å². The van der Waals surface area contributed by atoms with E-state index >= 15 is 0 Å². The molecular formula is C24H28FN3O5S. The van der Waals surface area contributed by atoms with Crippen LogP contribution in [0.3, 0.4) is 0 Å². The standard InChI is InChI=1S/C24H28FN3O5S/c1-2-33-19-9-7-18(8-10-19)28-14-13-27(24(28)30)17-23(29)26-12-11-22(34(31,32)16-15-26)20-5-3-4-6-21(20)25/h3-10,22H,2,11-17H2,1H3. The number of benzene rings is 2. The maximum absolute atomic E-state index is 14.3. The summed E-state index contributed by atoms with van der Waals surface area (Å²) in [7, 11) is -3.63. The van der Waals surface area contributed by atoms with Gasteiger partial charge in [0.2, 0.25) is 5.91 Å². The Morgan fingerprint density at radius 2 is 1.79 bits per heavy atom. The van der Waals surface area contributed by atoms with E-state index in [1.54, 1.807) is 35.2 Å². The summed E-state index contributed by atoms with van der Waals surface area (Å²) in [5.41, 5.74) is 0.856. The number of carbonyl (C=O) groups excluding carboxylic acids is 2. The highest BCUT2D eigenvalue weighted by Crippen LogP contribution is 2.31. The van der Waals surface area contributed by atoms with Crippen molar-refractivity contribution in [1.82, 2.24) is 9.80 Å². The average Bonchev–Trinajstić information content (AvgIpc) is 3.08. The molecule has 0 spiro atoms. The number of carbonyl (C=O) groups is 2. The molecule has 2 heterocycles. The lowest BCUT2D eigenvalue weighted by atomic mass is 10.1. The van der Waals surface area contributed by atoms with Gasteiger partial charge in [0.15, 0.2) is 9.84 Å². The Morgan fingerprint density at radius 3 is 2.50 bits per heavy atom. The molecule has 2 aromatic carbocycles. The van der Waals surface area contributed by atoms with Gasteiger partial charge in [-0.1, -0.05) is 18.2 Å². The number of hydrogen-bond donors (Lipinski definition) is 0. The van der Waals surface area contributed by atoms with Gasteiger partial charge >= 0.3 is 6.03 Å². The number of ether oxygens (including phenoxy) is 1. The number of anilines is 1. The average molecular weight is 490 g/mol. The Labute approximate surface area is 198 Å². The van der Waals surface area contributed by atoms with Crippen LogP contribution < -0.4 is 9.64 Å². The van der Waals surface area contributed by atoms with E-state index in [4.69, 9.17) is 4.74 Å². The Hall–Kier alpha value is -3.14. The number of urea groups is 1. The van der Waals surface area contributed by atoms with Crippen LogP contribution in [0.2, 0.25) is 0 Å². The molecule has 2 aliphatic rings. The van der Waals surface area contributed by atoms with E-state index in [2.05, 4.69) is 0 Å². The first-order chi connectivity index (χ1) is 16.3. The van der Waals surface area contributed by atoms with E-state index in [9.17, 15) is 22.4 Å². The van der Waals surface area contributed by atoms with Crippen LogP contribution in [0.5, 0.6) is 5.75 Å². The molecule has 0 radical (unpaired) electrons. The molecule has 3 amide bonds. The van der Waals surface area contributed by atoms with Crippen molar-refractivity contribution in [2.45, 2.75) is 18.6 Å². The first-order valence-corrected chi connectivity index (χ1v) is 13.0. The highest BCUT2D eigenvalue weighted by atomic mass is 32.2. The van der Waals surface area contributed by atoms with Gasteiger partial charge in [-0.3, -0.25) is 9.69 Å². The minimum atomic E-state index is -3.63. The van der Waals surface area contributed by atoms with Gasteiger partial charge in [-0.2, -0.15) is 0 Å². The molecule has 0 saturated carbocycles. The number of amides is 3. The lowest BCUT2D eigenvalue weighted by Gasteiger charge is -2.24. The Morgan fingerprint density at radius 1 is 1.06 bits per heavy atom. The van der Waals surface area contributed by atoms with Crippen LogP contribution in [0.15, 0.2) is 48.5 Å². The van der Waals surface area contributed by atoms with Crippen molar-refractivity contribution in [2.75, 3.05) is 50.0 Å². The van der Waals surface area contributed by atoms with E-state index in [0.29, 0.717) is 19.7 Å². The second-order valence-electron chi connectivity index (χ2n) is 8.33. The Bertz CT molecular complexity index is 1160. The zero-order chi connectivity index (χ0) is 24.3. The van der Waals surface area contributed by atoms with Crippen molar-refractivity contribution in [2.24, 2.45) is 0 Å². The number of halogens is 1. The molecule has 0 N–H and O–H groups in total. The third-order valence-corrected chi connectivity index (χ3v) is 8.33. The Kier molecular flexibility index (Phi) is 7.06. The summed E-state index contributed by atoms with van der Waals surface area (Å²) >= 11 is 0. The molecule has 0 bridgehead atoms. The van der Waals surface area contributed by atoms with E-state index in [1.807, 2.05) is 6.92 Å². The molecule has 0 aromatic heterocycles. The fourth-order valence-corrected chi connectivity index (χ4v) is 6.20. The molecule has 182 valence electrons. The molecule has 1 atom stereocenters. The number of rotatable bonds is 6. The number of nitrogens with zero attached hydrogens (tertiary/aromatic N) is 3. The topological polar surface area (TPSA) is 87.2 Å². The molecule has 4 rings (SSSR count). The van der Waals surface area contributed by atoms with Crippen molar-refractivity contribution in [3.8, 4) is 5.75 Å². The van der Waals surface area contributed by atoms with Gasteiger partial charge in [-0.25, -0.2) is 17.6 Å². The molecule has 1 unspecified atom stereocenters. The molecular weight excluding hydrogens is 461 g/mol. The van der Waals surface area contributed by atoms with Gasteiger partial charge in [-0.05, 0) is 43.7 Å². The normalized spacial score (nSPS) is 20.4. The largest absolute Gasteiger partial charge is 0.494 e. The maximum Gasteiger partial charge on any atom is 0.325 e. The van der Waals surface area contributed by atoms with Gasteiger partial charge in [0.25, 0.3) is 0 Å². The fraction of sp³-hybridized carbons (Fsp3) is 0.417. The number of sulfone groups is 1. The van der Waals surface area contributed by atoms with Crippen molar-refractivity contribution < 1.29 is 27.1 Å². The molecule has 0 aliphatic carbocycles. The highest BCUT2D eigenvalue weighted by Gasteiger charge is 2.36. The van der Waals surface area contributed by atoms with Gasteiger partial charge < -0.3 is 14.5 Å². The summed E-state index contributed by atoms with van der Waals surface area (Å²) in [6.07, 6.45) is 0.112. The molecule has 2 saturated heterocycles. The zero-order valence-electron chi connectivity index (χ0n) is 19.0. The first kappa shape index (κ1) is 24.0. The van der Waals surface area contributed by atoms with Gasteiger partial charge in [0.05, 0.1) is 17.6 Å². The molecule has 10 heteroatoms. The molecule has 34 heavy (non-hydrogen) atoms. The number of hydrogen-bond acceptors (Lipinski definition) is 5. The predicted molar refractivity (Wildman–Crippen MR) is 126 cm³/mol. The zero-order valence-corrected chi connectivity index (χ0v) is 19.8. The van der Waals surface area contributed by atoms with E-state index in [0.717, 1.165) is 11.4 Å². The second-order valence-corrected chi connectivity index (χ2v) is 10.6. The molecule has 2 fully saturated rings. The van der Waals surface area contributed by atoms with Crippen molar-refractivity contribution in [3.05, 3.63) is 59.9 Å². The van der Waals surface area contributed by atoms with Gasteiger partial charge in [0, 0.05) is 37.4 Å². The van der Waals surface area contributed by atoms with Crippen LogP contribution in [0.25, 0.3) is 0 Å². The van der Waals surface area contributed by atoms with E-state index in [-0.39, 0.29) is 49.3 Å². The van der Waals surface area contributed by atoms with Crippen molar-refractivity contribution in [1.29, 1.82) is 0 Å². The quantitative estimate of drug-likeness (QED) is 0.623. The summed E-state index contributed by atoms with van der Waals surface area (Å²) < 4.78 is 45.3. The Balaban J connectivity index is 1.39. The minimum absolute atomic E-state index is 0.0246. The minimum Gasteiger partial charge on any atom is -0.494 e. The summed E-state index contributed by atoms with van der Waals surface area (Å²) in [5.74, 6) is -0.404. The molecule has 8 nitrogen and oxygen atoms in total.